The minimum absolute atomic E-state index is 0.158. The Balaban J connectivity index is 2.56. The number of ether oxygens (including phenoxy) is 1. The van der Waals surface area contributed by atoms with Crippen LogP contribution in [-0.2, 0) is 0 Å². The van der Waals surface area contributed by atoms with E-state index < -0.39 is 0 Å². The second-order valence-electron chi connectivity index (χ2n) is 4.78. The molecule has 0 unspecified atom stereocenters. The van der Waals surface area contributed by atoms with Crippen LogP contribution in [0.1, 0.15) is 26.3 Å². The van der Waals surface area contributed by atoms with Crippen LogP contribution in [0.5, 0.6) is 5.75 Å². The number of hydrogen-bond donors (Lipinski definition) is 1. The third-order valence-electron chi connectivity index (χ3n) is 2.19. The molecule has 0 bridgehead atoms. The molecule has 0 aromatic heterocycles. The number of rotatable bonds is 4. The molecule has 0 amide bonds. The van der Waals surface area contributed by atoms with Gasteiger partial charge in [0, 0.05) is 17.6 Å². The minimum atomic E-state index is 0.158. The van der Waals surface area contributed by atoms with Gasteiger partial charge in [-0.25, -0.2) is 0 Å². The van der Waals surface area contributed by atoms with Crippen LogP contribution < -0.4 is 10.1 Å². The van der Waals surface area contributed by atoms with Gasteiger partial charge >= 0.3 is 0 Å². The first kappa shape index (κ1) is 12.8. The Morgan fingerprint density at radius 1 is 1.25 bits per heavy atom. The molecule has 0 aliphatic rings. The maximum absolute atomic E-state index is 5.27. The average Bonchev–Trinajstić information content (AvgIpc) is 2.23. The summed E-state index contributed by atoms with van der Waals surface area (Å²) in [4.78, 5) is 0. The lowest BCUT2D eigenvalue weighted by Gasteiger charge is -2.18. The van der Waals surface area contributed by atoms with Gasteiger partial charge in [0.25, 0.3) is 0 Å². The molecule has 0 fully saturated rings. The van der Waals surface area contributed by atoms with E-state index in [1.807, 2.05) is 24.3 Å². The van der Waals surface area contributed by atoms with Gasteiger partial charge in [-0.2, -0.15) is 0 Å². The van der Waals surface area contributed by atoms with E-state index in [0.29, 0.717) is 0 Å². The maximum Gasteiger partial charge on any atom is 0.126 e. The van der Waals surface area contributed by atoms with Crippen LogP contribution in [0.3, 0.4) is 0 Å². The van der Waals surface area contributed by atoms with Crippen molar-refractivity contribution in [2.75, 3.05) is 13.7 Å². The van der Waals surface area contributed by atoms with E-state index in [0.717, 1.165) is 17.9 Å². The first-order chi connectivity index (χ1) is 7.53. The van der Waals surface area contributed by atoms with Gasteiger partial charge in [0.15, 0.2) is 0 Å². The number of hydrogen-bond acceptors (Lipinski definition) is 2. The Kier molecular flexibility index (Phi) is 4.56. The first-order valence-corrected chi connectivity index (χ1v) is 5.57. The molecule has 1 N–H and O–H groups in total. The van der Waals surface area contributed by atoms with Crippen LogP contribution in [0.2, 0.25) is 0 Å². The van der Waals surface area contributed by atoms with Crippen molar-refractivity contribution < 1.29 is 4.74 Å². The van der Waals surface area contributed by atoms with E-state index in [4.69, 9.17) is 4.74 Å². The topological polar surface area (TPSA) is 21.3 Å². The van der Waals surface area contributed by atoms with Crippen molar-refractivity contribution in [2.45, 2.75) is 26.3 Å². The molecule has 0 spiro atoms. The van der Waals surface area contributed by atoms with Crippen molar-refractivity contribution in [1.29, 1.82) is 0 Å². The molecule has 16 heavy (non-hydrogen) atoms. The predicted octanol–water partition coefficient (Wildman–Crippen LogP) is 3.10. The Hall–Kier alpha value is -1.28. The summed E-state index contributed by atoms with van der Waals surface area (Å²) in [5, 5.41) is 3.40. The van der Waals surface area contributed by atoms with Gasteiger partial charge < -0.3 is 10.1 Å². The fourth-order valence-corrected chi connectivity index (χ4v) is 1.36. The van der Waals surface area contributed by atoms with Gasteiger partial charge in [-0.15, -0.1) is 0 Å². The fraction of sp³-hybridized carbons (Fsp3) is 0.429. The molecule has 88 valence electrons. The van der Waals surface area contributed by atoms with E-state index in [1.54, 1.807) is 7.11 Å². The molecule has 1 aromatic rings. The number of nitrogens with one attached hydrogen (secondary N) is 1. The van der Waals surface area contributed by atoms with Crippen molar-refractivity contribution in [2.24, 2.45) is 0 Å². The zero-order chi connectivity index (χ0) is 12.0. The van der Waals surface area contributed by atoms with Crippen LogP contribution >= 0.6 is 0 Å². The van der Waals surface area contributed by atoms with Crippen molar-refractivity contribution in [3.05, 3.63) is 35.9 Å². The Bertz CT molecular complexity index is 350. The molecule has 0 radical (unpaired) electrons. The summed E-state index contributed by atoms with van der Waals surface area (Å²) in [6, 6.07) is 8.01. The van der Waals surface area contributed by atoms with E-state index in [9.17, 15) is 0 Å². The molecule has 0 aliphatic carbocycles. The van der Waals surface area contributed by atoms with Gasteiger partial charge in [-0.1, -0.05) is 30.4 Å². The molecular weight excluding hydrogens is 198 g/mol. The normalized spacial score (nSPS) is 12.0. The molecule has 0 saturated carbocycles. The third-order valence-corrected chi connectivity index (χ3v) is 2.19. The molecule has 0 saturated heterocycles. The van der Waals surface area contributed by atoms with E-state index in [-0.39, 0.29) is 5.54 Å². The average molecular weight is 219 g/mol. The molecule has 0 heterocycles. The van der Waals surface area contributed by atoms with Crippen molar-refractivity contribution >= 4 is 6.08 Å². The summed E-state index contributed by atoms with van der Waals surface area (Å²) >= 11 is 0. The van der Waals surface area contributed by atoms with Crippen LogP contribution in [0.25, 0.3) is 6.08 Å². The molecule has 0 aliphatic heterocycles. The monoisotopic (exact) mass is 219 g/mol. The highest BCUT2D eigenvalue weighted by Gasteiger charge is 2.05. The lowest BCUT2D eigenvalue weighted by atomic mass is 10.1. The third kappa shape index (κ3) is 4.49. The molecule has 2 heteroatoms. The quantitative estimate of drug-likeness (QED) is 0.840. The number of para-hydroxylation sites is 1. The predicted molar refractivity (Wildman–Crippen MR) is 69.8 cm³/mol. The zero-order valence-electron chi connectivity index (χ0n) is 10.6. The highest BCUT2D eigenvalue weighted by atomic mass is 16.5. The molecule has 2 nitrogen and oxygen atoms in total. The smallest absolute Gasteiger partial charge is 0.126 e. The summed E-state index contributed by atoms with van der Waals surface area (Å²) < 4.78 is 5.27. The summed E-state index contributed by atoms with van der Waals surface area (Å²) in [6.45, 7) is 7.33. The van der Waals surface area contributed by atoms with E-state index in [1.165, 1.54) is 0 Å². The van der Waals surface area contributed by atoms with E-state index in [2.05, 4.69) is 38.2 Å². The van der Waals surface area contributed by atoms with Gasteiger partial charge in [0.1, 0.15) is 5.75 Å². The Morgan fingerprint density at radius 2 is 1.94 bits per heavy atom. The lowest BCUT2D eigenvalue weighted by molar-refractivity contribution is 0.414. The Morgan fingerprint density at radius 3 is 2.56 bits per heavy atom. The molecule has 1 aromatic carbocycles. The van der Waals surface area contributed by atoms with Crippen molar-refractivity contribution in [3.8, 4) is 5.75 Å². The highest BCUT2D eigenvalue weighted by molar-refractivity contribution is 5.57. The summed E-state index contributed by atoms with van der Waals surface area (Å²) in [5.41, 5.74) is 1.27. The van der Waals surface area contributed by atoms with Crippen LogP contribution in [0, 0.1) is 0 Å². The van der Waals surface area contributed by atoms with Gasteiger partial charge in [0.2, 0.25) is 0 Å². The van der Waals surface area contributed by atoms with Crippen molar-refractivity contribution in [3.63, 3.8) is 0 Å². The second-order valence-corrected chi connectivity index (χ2v) is 4.78. The maximum atomic E-state index is 5.27. The number of benzene rings is 1. The van der Waals surface area contributed by atoms with Gasteiger partial charge in [0.05, 0.1) is 7.11 Å². The van der Waals surface area contributed by atoms with Gasteiger partial charge in [-0.3, -0.25) is 0 Å². The zero-order valence-corrected chi connectivity index (χ0v) is 10.6. The standard InChI is InChI=1S/C14H21NO/c1-14(2,3)15-11-7-9-12-8-5-6-10-13(12)16-4/h5-10,15H,11H2,1-4H3/b9-7+. The van der Waals surface area contributed by atoms with Crippen molar-refractivity contribution in [1.82, 2.24) is 5.32 Å². The van der Waals surface area contributed by atoms with E-state index >= 15 is 0 Å². The van der Waals surface area contributed by atoms with Crippen LogP contribution in [0.4, 0.5) is 0 Å². The molecule has 0 atom stereocenters. The highest BCUT2D eigenvalue weighted by Crippen LogP contribution is 2.18. The first-order valence-electron chi connectivity index (χ1n) is 5.57. The number of methoxy groups -OCH3 is 1. The Labute approximate surface area is 98.3 Å². The molecular formula is C14H21NO. The molecule has 1 rings (SSSR count). The summed E-state index contributed by atoms with van der Waals surface area (Å²) in [6.07, 6.45) is 4.20. The summed E-state index contributed by atoms with van der Waals surface area (Å²) in [7, 11) is 1.69. The summed E-state index contributed by atoms with van der Waals surface area (Å²) in [5.74, 6) is 0.912. The second kappa shape index (κ2) is 5.71. The lowest BCUT2D eigenvalue weighted by Crippen LogP contribution is -2.35. The van der Waals surface area contributed by atoms with Crippen LogP contribution in [-0.4, -0.2) is 19.2 Å². The SMILES string of the molecule is COc1ccccc1/C=C/CNC(C)(C)C. The van der Waals surface area contributed by atoms with Gasteiger partial charge in [-0.05, 0) is 26.8 Å². The van der Waals surface area contributed by atoms with Crippen LogP contribution in [0.15, 0.2) is 30.3 Å². The minimum Gasteiger partial charge on any atom is -0.496 e. The largest absolute Gasteiger partial charge is 0.496 e. The fourth-order valence-electron chi connectivity index (χ4n) is 1.36.